The molecule has 0 atom stereocenters. The van der Waals surface area contributed by atoms with E-state index in [0.29, 0.717) is 16.9 Å². The normalized spacial score (nSPS) is 11.8. The maximum absolute atomic E-state index is 12.6. The van der Waals surface area contributed by atoms with Gasteiger partial charge >= 0.3 is 6.18 Å². The van der Waals surface area contributed by atoms with Gasteiger partial charge in [0, 0.05) is 6.42 Å². The van der Waals surface area contributed by atoms with Crippen molar-refractivity contribution in [3.63, 3.8) is 0 Å². The lowest BCUT2D eigenvalue weighted by Gasteiger charge is -2.05. The SMILES string of the molecule is Nn1c(SCc2nc(Cc3ccccc3)no2)nnc1C(F)(F)F. The summed E-state index contributed by atoms with van der Waals surface area (Å²) in [4.78, 5) is 4.19. The van der Waals surface area contributed by atoms with Crippen LogP contribution in [0.25, 0.3) is 0 Å². The summed E-state index contributed by atoms with van der Waals surface area (Å²) in [6.07, 6.45) is -4.16. The highest BCUT2D eigenvalue weighted by molar-refractivity contribution is 7.98. The van der Waals surface area contributed by atoms with E-state index in [1.165, 1.54) is 0 Å². The van der Waals surface area contributed by atoms with Gasteiger partial charge in [0.15, 0.2) is 5.82 Å². The third kappa shape index (κ3) is 3.67. The number of hydrogen-bond acceptors (Lipinski definition) is 7. The Morgan fingerprint density at radius 3 is 2.58 bits per heavy atom. The van der Waals surface area contributed by atoms with Crippen LogP contribution >= 0.6 is 11.8 Å². The monoisotopic (exact) mass is 356 g/mol. The van der Waals surface area contributed by atoms with E-state index in [4.69, 9.17) is 10.4 Å². The molecule has 0 bridgehead atoms. The van der Waals surface area contributed by atoms with Gasteiger partial charge in [0.2, 0.25) is 11.0 Å². The number of thioether (sulfide) groups is 1. The van der Waals surface area contributed by atoms with Crippen molar-refractivity contribution in [2.45, 2.75) is 23.5 Å². The summed E-state index contributed by atoms with van der Waals surface area (Å²) in [6, 6.07) is 9.57. The van der Waals surface area contributed by atoms with Crippen molar-refractivity contribution in [1.82, 2.24) is 25.0 Å². The first-order chi connectivity index (χ1) is 11.4. The van der Waals surface area contributed by atoms with Crippen molar-refractivity contribution in [3.05, 3.63) is 53.4 Å². The second kappa shape index (κ2) is 6.51. The molecule has 0 aliphatic rings. The molecule has 3 rings (SSSR count). The molecule has 0 aliphatic carbocycles. The lowest BCUT2D eigenvalue weighted by Crippen LogP contribution is -2.21. The minimum atomic E-state index is -4.66. The van der Waals surface area contributed by atoms with Crippen LogP contribution in [0.1, 0.15) is 23.1 Å². The minimum absolute atomic E-state index is 0.0925. The van der Waals surface area contributed by atoms with E-state index in [0.717, 1.165) is 17.3 Å². The van der Waals surface area contributed by atoms with Crippen molar-refractivity contribution < 1.29 is 17.7 Å². The topological polar surface area (TPSA) is 95.7 Å². The van der Waals surface area contributed by atoms with E-state index in [1.807, 2.05) is 30.3 Å². The third-order valence-corrected chi connectivity index (χ3v) is 3.89. The van der Waals surface area contributed by atoms with Crippen molar-refractivity contribution in [1.29, 1.82) is 0 Å². The van der Waals surface area contributed by atoms with Crippen molar-refractivity contribution >= 4 is 11.8 Å². The summed E-state index contributed by atoms with van der Waals surface area (Å²) >= 11 is 0.925. The summed E-state index contributed by atoms with van der Waals surface area (Å²) in [5.74, 6) is 4.97. The Morgan fingerprint density at radius 2 is 1.92 bits per heavy atom. The first kappa shape index (κ1) is 16.3. The zero-order valence-corrected chi connectivity index (χ0v) is 12.9. The van der Waals surface area contributed by atoms with E-state index < -0.39 is 12.0 Å². The lowest BCUT2D eigenvalue weighted by molar-refractivity contribution is -0.146. The predicted octanol–water partition coefficient (Wildman–Crippen LogP) is 2.28. The number of alkyl halides is 3. The van der Waals surface area contributed by atoms with Crippen LogP contribution in [-0.2, 0) is 18.3 Å². The Bertz CT molecular complexity index is 817. The van der Waals surface area contributed by atoms with Crippen LogP contribution < -0.4 is 5.84 Å². The Kier molecular flexibility index (Phi) is 4.42. The number of nitrogens with zero attached hydrogens (tertiary/aromatic N) is 5. The van der Waals surface area contributed by atoms with Crippen molar-refractivity contribution in [3.8, 4) is 0 Å². The lowest BCUT2D eigenvalue weighted by atomic mass is 10.1. The third-order valence-electron chi connectivity index (χ3n) is 2.96. The fourth-order valence-corrected chi connectivity index (χ4v) is 2.59. The highest BCUT2D eigenvalue weighted by Gasteiger charge is 2.38. The van der Waals surface area contributed by atoms with Gasteiger partial charge in [-0.05, 0) is 5.56 Å². The molecule has 7 nitrogen and oxygen atoms in total. The molecule has 0 saturated carbocycles. The fourth-order valence-electron chi connectivity index (χ4n) is 1.89. The smallest absolute Gasteiger partial charge is 0.338 e. The average molecular weight is 356 g/mol. The molecule has 126 valence electrons. The van der Waals surface area contributed by atoms with E-state index in [9.17, 15) is 13.2 Å². The van der Waals surface area contributed by atoms with Crippen LogP contribution in [0.4, 0.5) is 13.2 Å². The molecular weight excluding hydrogens is 345 g/mol. The molecule has 0 aliphatic heterocycles. The van der Waals surface area contributed by atoms with E-state index in [1.54, 1.807) is 0 Å². The highest BCUT2D eigenvalue weighted by Crippen LogP contribution is 2.29. The zero-order valence-electron chi connectivity index (χ0n) is 12.1. The summed E-state index contributed by atoms with van der Waals surface area (Å²) in [7, 11) is 0. The number of benzene rings is 1. The standard InChI is InChI=1S/C13H11F3N6OS/c14-13(15,16)11-19-20-12(22(11)17)24-7-10-18-9(21-23-10)6-8-4-2-1-3-5-8/h1-5H,6-7,17H2. The summed E-state index contributed by atoms with van der Waals surface area (Å²) < 4.78 is 43.2. The van der Waals surface area contributed by atoms with Crippen LogP contribution in [0.2, 0.25) is 0 Å². The predicted molar refractivity (Wildman–Crippen MR) is 78.3 cm³/mol. The quantitative estimate of drug-likeness (QED) is 0.553. The Balaban J connectivity index is 1.63. The van der Waals surface area contributed by atoms with Crippen LogP contribution in [0.5, 0.6) is 0 Å². The summed E-state index contributed by atoms with van der Waals surface area (Å²) in [5, 5.41) is 10.2. The van der Waals surface area contributed by atoms with Crippen molar-refractivity contribution in [2.75, 3.05) is 5.84 Å². The molecule has 2 heterocycles. The van der Waals surface area contributed by atoms with Crippen molar-refractivity contribution in [2.24, 2.45) is 0 Å². The van der Waals surface area contributed by atoms with E-state index in [2.05, 4.69) is 20.3 Å². The second-order valence-electron chi connectivity index (χ2n) is 4.73. The number of rotatable bonds is 5. The fraction of sp³-hybridized carbons (Fsp3) is 0.231. The Morgan fingerprint density at radius 1 is 1.17 bits per heavy atom. The summed E-state index contributed by atoms with van der Waals surface area (Å²) in [5.41, 5.74) is 1.02. The second-order valence-corrected chi connectivity index (χ2v) is 5.67. The molecule has 0 radical (unpaired) electrons. The molecule has 2 N–H and O–H groups in total. The maximum Gasteiger partial charge on any atom is 0.453 e. The van der Waals surface area contributed by atoms with Gasteiger partial charge in [-0.25, -0.2) is 4.68 Å². The molecular formula is C13H11F3N6OS. The molecule has 0 saturated heterocycles. The maximum atomic E-state index is 12.6. The van der Waals surface area contributed by atoms with Gasteiger partial charge in [0.25, 0.3) is 5.82 Å². The number of nitrogen functional groups attached to an aromatic ring is 1. The van der Waals surface area contributed by atoms with Gasteiger partial charge in [0.1, 0.15) is 0 Å². The zero-order chi connectivity index (χ0) is 17.2. The van der Waals surface area contributed by atoms with Crippen LogP contribution in [0.15, 0.2) is 40.0 Å². The molecule has 24 heavy (non-hydrogen) atoms. The van der Waals surface area contributed by atoms with Crippen LogP contribution in [-0.4, -0.2) is 25.0 Å². The highest BCUT2D eigenvalue weighted by atomic mass is 32.2. The molecule has 3 aromatic rings. The summed E-state index contributed by atoms with van der Waals surface area (Å²) in [6.45, 7) is 0. The Hall–Kier alpha value is -2.56. The molecule has 11 heteroatoms. The average Bonchev–Trinajstić information content (AvgIpc) is 3.12. The largest absolute Gasteiger partial charge is 0.453 e. The van der Waals surface area contributed by atoms with Gasteiger partial charge in [-0.3, -0.25) is 0 Å². The van der Waals surface area contributed by atoms with Crippen LogP contribution in [0.3, 0.4) is 0 Å². The minimum Gasteiger partial charge on any atom is -0.338 e. The number of aromatic nitrogens is 5. The van der Waals surface area contributed by atoms with E-state index >= 15 is 0 Å². The molecule has 0 unspecified atom stereocenters. The number of halogens is 3. The van der Waals surface area contributed by atoms with Gasteiger partial charge in [-0.1, -0.05) is 47.3 Å². The Labute approximate surface area is 138 Å². The number of hydrogen-bond donors (Lipinski definition) is 1. The van der Waals surface area contributed by atoms with E-state index in [-0.39, 0.29) is 16.8 Å². The molecule has 2 aromatic heterocycles. The van der Waals surface area contributed by atoms with Gasteiger partial charge in [0.05, 0.1) is 5.75 Å². The molecule has 0 spiro atoms. The van der Waals surface area contributed by atoms with Gasteiger partial charge in [-0.2, -0.15) is 18.2 Å². The first-order valence-corrected chi connectivity index (χ1v) is 7.68. The van der Waals surface area contributed by atoms with Gasteiger partial charge in [-0.15, -0.1) is 10.2 Å². The first-order valence-electron chi connectivity index (χ1n) is 6.69. The van der Waals surface area contributed by atoms with Crippen LogP contribution in [0, 0.1) is 0 Å². The van der Waals surface area contributed by atoms with Gasteiger partial charge < -0.3 is 10.4 Å². The number of nitrogens with two attached hydrogens (primary N) is 1. The molecule has 0 fully saturated rings. The molecule has 1 aromatic carbocycles. The molecule has 0 amide bonds.